The van der Waals surface area contributed by atoms with Crippen LogP contribution in [0.5, 0.6) is 34.5 Å². The van der Waals surface area contributed by atoms with Gasteiger partial charge in [-0.15, -0.1) is 0 Å². The number of aromatic nitrogens is 1. The fourth-order valence-corrected chi connectivity index (χ4v) is 13.1. The predicted octanol–water partition coefficient (Wildman–Crippen LogP) is 17.9. The number of carbonyl (C=O) groups is 3. The third-order valence-corrected chi connectivity index (χ3v) is 20.6. The Hall–Kier alpha value is -9.48. The number of unbranched alkanes of at least 4 members (excludes halogenated alkanes) is 6. The molecule has 0 bridgehead atoms. The molecule has 606 valence electrons. The van der Waals surface area contributed by atoms with Crippen molar-refractivity contribution >= 4 is 76.2 Å². The maximum Gasteiger partial charge on any atom is 0.253 e. The lowest BCUT2D eigenvalue weighted by Crippen LogP contribution is -2.29. The lowest BCUT2D eigenvalue weighted by molar-refractivity contribution is 0.0794. The molecule has 23 nitrogen and oxygen atoms in total. The molecular formula is C84H118N10O13S4. The van der Waals surface area contributed by atoms with E-state index in [0.717, 1.165) is 77.0 Å². The normalized spacial score (nSPS) is 10.8. The number of aromatic amines is 1. The summed E-state index contributed by atoms with van der Waals surface area (Å²) >= 11 is 1.71. The summed E-state index contributed by atoms with van der Waals surface area (Å²) in [4.78, 5) is 52.1. The molecular weight excluding hydrogens is 1490 g/mol. The summed E-state index contributed by atoms with van der Waals surface area (Å²) in [5, 5.41) is 20.9. The van der Waals surface area contributed by atoms with Crippen LogP contribution in [0, 0.1) is 0 Å². The van der Waals surface area contributed by atoms with E-state index in [1.165, 1.54) is 32.9 Å². The molecule has 111 heavy (non-hydrogen) atoms. The van der Waals surface area contributed by atoms with E-state index in [1.807, 2.05) is 135 Å². The fourth-order valence-electron chi connectivity index (χ4n) is 10.6. The van der Waals surface area contributed by atoms with Crippen LogP contribution in [0.2, 0.25) is 0 Å². The van der Waals surface area contributed by atoms with Crippen molar-refractivity contribution in [2.75, 3.05) is 94.7 Å². The Morgan fingerprint density at radius 3 is 0.793 bits per heavy atom. The van der Waals surface area contributed by atoms with Crippen LogP contribution in [0.25, 0.3) is 0 Å². The number of benzene rings is 6. The number of carbonyl (C=O) groups excluding carboxylic acids is 3. The number of hydrogen-bond acceptors (Lipinski definition) is 17. The van der Waals surface area contributed by atoms with Crippen molar-refractivity contribution < 1.29 is 58.3 Å². The first-order valence-corrected chi connectivity index (χ1v) is 43.6. The van der Waals surface area contributed by atoms with Crippen LogP contribution in [0.1, 0.15) is 170 Å². The highest BCUT2D eigenvalue weighted by molar-refractivity contribution is 7.89. The van der Waals surface area contributed by atoms with Gasteiger partial charge in [0.15, 0.2) is 17.2 Å². The molecule has 0 radical (unpaired) electrons. The number of nitrogens with one attached hydrogen (secondary N) is 1. The Bertz CT molecular complexity index is 3920. The first-order chi connectivity index (χ1) is 53.2. The van der Waals surface area contributed by atoms with Crippen molar-refractivity contribution in [2.24, 2.45) is 15.4 Å². The first kappa shape index (κ1) is 93.9. The summed E-state index contributed by atoms with van der Waals surface area (Å²) in [5.41, 5.74) is 2.51. The number of nitrogens with two attached hydrogens (primary N) is 3. The zero-order valence-electron chi connectivity index (χ0n) is 66.8. The molecule has 9 aromatic rings. The van der Waals surface area contributed by atoms with E-state index in [9.17, 15) is 39.6 Å². The number of nitrogens with zero attached hydrogens (tertiary/aromatic N) is 6. The quantitative estimate of drug-likeness (QED) is 0.0284. The van der Waals surface area contributed by atoms with Gasteiger partial charge in [0.2, 0.25) is 30.1 Å². The van der Waals surface area contributed by atoms with Gasteiger partial charge < -0.3 is 53.0 Å². The highest BCUT2D eigenvalue weighted by Gasteiger charge is 2.31. The van der Waals surface area contributed by atoms with Crippen LogP contribution in [0.15, 0.2) is 219 Å². The van der Waals surface area contributed by atoms with E-state index in [1.54, 1.807) is 99.6 Å². The zero-order valence-corrected chi connectivity index (χ0v) is 70.0. The Labute approximate surface area is 664 Å². The Balaban J connectivity index is 0.000000318. The smallest absolute Gasteiger partial charge is 0.253 e. The summed E-state index contributed by atoms with van der Waals surface area (Å²) in [5.74, 6) is 1.14. The van der Waals surface area contributed by atoms with E-state index >= 15 is 0 Å². The standard InChI is InChI=1S/3C24H35N3O4S.C4H5N.C4H4O.C4H4S/c3*1-5-8-15-27(16-9-6-2)21-17-19(24(28)26(4)7-3)18-22(32(25,29)30)23(21)31-20-13-11-10-12-14-20;3*1-2-4-5-3-1/h3*10-14,17-18H,5-9,15-16H2,1-4H3,(H2,25,29,30);1-5H;2*1-4H. The number of rotatable bonds is 36. The van der Waals surface area contributed by atoms with Gasteiger partial charge in [-0.2, -0.15) is 11.3 Å². The van der Waals surface area contributed by atoms with Gasteiger partial charge in [-0.05, 0) is 167 Å². The van der Waals surface area contributed by atoms with Gasteiger partial charge in [-0.3, -0.25) is 14.4 Å². The molecule has 0 fully saturated rings. The zero-order chi connectivity index (χ0) is 81.8. The Kier molecular flexibility index (Phi) is 42.7. The van der Waals surface area contributed by atoms with Crippen LogP contribution < -0.4 is 44.3 Å². The van der Waals surface area contributed by atoms with Crippen LogP contribution in [-0.4, -0.2) is 143 Å². The molecule has 3 heterocycles. The Morgan fingerprint density at radius 1 is 0.369 bits per heavy atom. The van der Waals surface area contributed by atoms with Gasteiger partial charge in [0.05, 0.1) is 29.6 Å². The summed E-state index contributed by atoms with van der Waals surface area (Å²) < 4.78 is 98.6. The minimum absolute atomic E-state index is 0.154. The van der Waals surface area contributed by atoms with Crippen molar-refractivity contribution in [1.29, 1.82) is 0 Å². The molecule has 0 spiro atoms. The van der Waals surface area contributed by atoms with Crippen molar-refractivity contribution in [2.45, 2.75) is 154 Å². The van der Waals surface area contributed by atoms with Gasteiger partial charge in [0, 0.05) is 109 Å². The number of amides is 3. The fraction of sp³-hybridized carbons (Fsp3) is 0.393. The number of sulfonamides is 3. The van der Waals surface area contributed by atoms with Crippen LogP contribution >= 0.6 is 11.3 Å². The maximum absolute atomic E-state index is 13.0. The van der Waals surface area contributed by atoms with E-state index in [2.05, 4.69) is 65.6 Å². The first-order valence-electron chi connectivity index (χ1n) is 38.0. The molecule has 9 rings (SSSR count). The topological polar surface area (TPSA) is 308 Å². The summed E-state index contributed by atoms with van der Waals surface area (Å²) in [7, 11) is -7.45. The van der Waals surface area contributed by atoms with Gasteiger partial charge in [-0.25, -0.2) is 40.7 Å². The van der Waals surface area contributed by atoms with Gasteiger partial charge in [0.25, 0.3) is 17.7 Å². The van der Waals surface area contributed by atoms with Gasteiger partial charge >= 0.3 is 0 Å². The maximum atomic E-state index is 13.0. The second kappa shape index (κ2) is 50.4. The third-order valence-electron chi connectivity index (χ3n) is 17.2. The highest BCUT2D eigenvalue weighted by Crippen LogP contribution is 2.43. The molecule has 0 saturated heterocycles. The SMILES string of the molecule is CCCCN(CCCC)c1cc(C(=O)N(C)CC)cc(S(N)(=O)=O)c1Oc1ccccc1.CCCCN(CCCC)c1cc(C(=O)N(C)CC)cc(S(N)(=O)=O)c1Oc1ccccc1.CCCCN(CCCC)c1cc(C(=O)N(C)CC)cc(S(N)(=O)=O)c1Oc1ccccc1.c1cc[nH]c1.c1ccoc1.c1ccsc1. The van der Waals surface area contributed by atoms with E-state index in [-0.39, 0.29) is 66.3 Å². The number of ether oxygens (including phenoxy) is 3. The molecule has 7 N–H and O–H groups in total. The second-order valence-electron chi connectivity index (χ2n) is 25.9. The minimum atomic E-state index is -4.16. The Morgan fingerprint density at radius 2 is 0.622 bits per heavy atom. The number of primary sulfonamides is 3. The van der Waals surface area contributed by atoms with Gasteiger partial charge in [-0.1, -0.05) is 147 Å². The van der Waals surface area contributed by atoms with E-state index in [0.29, 0.717) is 93.2 Å². The van der Waals surface area contributed by atoms with E-state index < -0.39 is 30.1 Å². The van der Waals surface area contributed by atoms with Crippen LogP contribution in [0.3, 0.4) is 0 Å². The monoisotopic (exact) mass is 1600 g/mol. The lowest BCUT2D eigenvalue weighted by Gasteiger charge is -2.29. The highest BCUT2D eigenvalue weighted by atomic mass is 32.2. The summed E-state index contributed by atoms with van der Waals surface area (Å²) in [6.45, 7) is 24.0. The average Bonchev–Trinajstić information content (AvgIpc) is 1.13. The van der Waals surface area contributed by atoms with Crippen molar-refractivity contribution in [1.82, 2.24) is 19.7 Å². The predicted molar refractivity (Wildman–Crippen MR) is 451 cm³/mol. The molecule has 0 aliphatic rings. The summed E-state index contributed by atoms with van der Waals surface area (Å²) in [6.07, 6.45) is 18.4. The van der Waals surface area contributed by atoms with Crippen LogP contribution in [-0.2, 0) is 30.1 Å². The van der Waals surface area contributed by atoms with Crippen LogP contribution in [0.4, 0.5) is 17.1 Å². The lowest BCUT2D eigenvalue weighted by atomic mass is 10.1. The number of H-pyrrole nitrogens is 1. The van der Waals surface area contributed by atoms with Crippen molar-refractivity contribution in [3.63, 3.8) is 0 Å². The summed E-state index contributed by atoms with van der Waals surface area (Å²) in [6, 6.07) is 47.7. The largest absolute Gasteiger partial charge is 0.473 e. The molecule has 3 aromatic heterocycles. The van der Waals surface area contributed by atoms with Gasteiger partial charge in [0.1, 0.15) is 31.9 Å². The van der Waals surface area contributed by atoms with E-state index in [4.69, 9.17) is 29.6 Å². The number of hydrogen-bond donors (Lipinski definition) is 4. The molecule has 6 aromatic carbocycles. The third kappa shape index (κ3) is 32.4. The molecule has 0 saturated carbocycles. The molecule has 3 amide bonds. The molecule has 0 aliphatic heterocycles. The number of thiophene rings is 1. The van der Waals surface area contributed by atoms with Crippen molar-refractivity contribution in [3.8, 4) is 34.5 Å². The second-order valence-corrected chi connectivity index (χ2v) is 31.3. The molecule has 0 aliphatic carbocycles. The minimum Gasteiger partial charge on any atom is -0.473 e. The number of furan rings is 1. The van der Waals surface area contributed by atoms with Crippen molar-refractivity contribution in [3.05, 3.63) is 216 Å². The number of para-hydroxylation sites is 3. The average molecular weight is 1600 g/mol. The molecule has 0 unspecified atom stereocenters. The molecule has 27 heteroatoms. The number of anilines is 3. The molecule has 0 atom stereocenters.